The second-order valence-corrected chi connectivity index (χ2v) is 6.03. The van der Waals surface area contributed by atoms with E-state index in [0.29, 0.717) is 20.9 Å². The zero-order valence-electron chi connectivity index (χ0n) is 10.7. The number of amides is 1. The van der Waals surface area contributed by atoms with Crippen molar-refractivity contribution in [3.05, 3.63) is 28.2 Å². The number of anilines is 1. The van der Waals surface area contributed by atoms with Crippen molar-refractivity contribution in [3.8, 4) is 0 Å². The van der Waals surface area contributed by atoms with E-state index in [9.17, 15) is 4.79 Å². The van der Waals surface area contributed by atoms with E-state index in [-0.39, 0.29) is 11.2 Å². The molecule has 1 heterocycles. The van der Waals surface area contributed by atoms with Gasteiger partial charge in [0.2, 0.25) is 11.1 Å². The van der Waals surface area contributed by atoms with E-state index in [2.05, 4.69) is 20.8 Å². The molecule has 0 bridgehead atoms. The van der Waals surface area contributed by atoms with Gasteiger partial charge in [-0.15, -0.1) is 5.10 Å². The van der Waals surface area contributed by atoms with Gasteiger partial charge in [0.15, 0.2) is 0 Å². The number of nitrogens with one attached hydrogen (secondary N) is 1. The van der Waals surface area contributed by atoms with Crippen LogP contribution in [-0.4, -0.2) is 31.4 Å². The number of carbonyl (C=O) groups is 1. The van der Waals surface area contributed by atoms with Gasteiger partial charge in [0, 0.05) is 7.05 Å². The molecule has 1 unspecified atom stereocenters. The van der Waals surface area contributed by atoms with Crippen molar-refractivity contribution >= 4 is 46.6 Å². The molecule has 1 aromatic carbocycles. The van der Waals surface area contributed by atoms with Gasteiger partial charge in [0.05, 0.1) is 21.0 Å². The van der Waals surface area contributed by atoms with E-state index in [1.165, 1.54) is 16.4 Å². The van der Waals surface area contributed by atoms with Crippen LogP contribution >= 0.6 is 35.0 Å². The highest BCUT2D eigenvalue weighted by Crippen LogP contribution is 2.30. The molecule has 0 aliphatic rings. The van der Waals surface area contributed by atoms with Gasteiger partial charge >= 0.3 is 0 Å². The molecule has 1 atom stereocenters. The Labute approximate surface area is 129 Å². The van der Waals surface area contributed by atoms with Gasteiger partial charge in [-0.3, -0.25) is 4.79 Å². The first kappa shape index (κ1) is 15.1. The highest BCUT2D eigenvalue weighted by Gasteiger charge is 2.18. The Hall–Kier alpha value is -1.31. The molecule has 2 aromatic rings. The van der Waals surface area contributed by atoms with Crippen LogP contribution in [0.25, 0.3) is 0 Å². The number of hydrogen-bond donors (Lipinski definition) is 1. The Balaban J connectivity index is 2.04. The fourth-order valence-electron chi connectivity index (χ4n) is 1.37. The van der Waals surface area contributed by atoms with Crippen LogP contribution in [0.5, 0.6) is 0 Å². The number of aromatic nitrogens is 4. The second kappa shape index (κ2) is 6.43. The molecule has 0 saturated heterocycles. The lowest BCUT2D eigenvalue weighted by Crippen LogP contribution is -2.23. The first-order valence-electron chi connectivity index (χ1n) is 5.63. The van der Waals surface area contributed by atoms with Gasteiger partial charge in [0.25, 0.3) is 0 Å². The number of rotatable bonds is 4. The topological polar surface area (TPSA) is 72.7 Å². The molecule has 2 rings (SSSR count). The highest BCUT2D eigenvalue weighted by molar-refractivity contribution is 8.00. The summed E-state index contributed by atoms with van der Waals surface area (Å²) < 4.78 is 1.50. The normalized spacial score (nSPS) is 12.2. The summed E-state index contributed by atoms with van der Waals surface area (Å²) in [6.45, 7) is 1.76. The van der Waals surface area contributed by atoms with E-state index in [0.717, 1.165) is 0 Å². The molecule has 1 N–H and O–H groups in total. The van der Waals surface area contributed by atoms with Crippen molar-refractivity contribution in [3.63, 3.8) is 0 Å². The van der Waals surface area contributed by atoms with Crippen molar-refractivity contribution in [2.45, 2.75) is 17.3 Å². The number of nitrogens with zero attached hydrogens (tertiary/aromatic N) is 4. The van der Waals surface area contributed by atoms with Gasteiger partial charge in [-0.2, -0.15) is 0 Å². The third kappa shape index (κ3) is 3.41. The minimum atomic E-state index is -0.380. The molecule has 0 aliphatic heterocycles. The highest BCUT2D eigenvalue weighted by atomic mass is 35.5. The van der Waals surface area contributed by atoms with E-state index in [4.69, 9.17) is 23.2 Å². The molecule has 9 heteroatoms. The first-order valence-corrected chi connectivity index (χ1v) is 7.26. The maximum Gasteiger partial charge on any atom is 0.237 e. The maximum absolute atomic E-state index is 12.1. The largest absolute Gasteiger partial charge is 0.324 e. The minimum Gasteiger partial charge on any atom is -0.324 e. The summed E-state index contributed by atoms with van der Waals surface area (Å²) in [5, 5.41) is 14.7. The Kier molecular flexibility index (Phi) is 4.85. The van der Waals surface area contributed by atoms with Crippen LogP contribution in [0.2, 0.25) is 10.0 Å². The number of benzene rings is 1. The summed E-state index contributed by atoms with van der Waals surface area (Å²) >= 11 is 13.2. The standard InChI is InChI=1S/C11H11Cl2N5OS/c1-6(20-11-15-16-17-18(11)2)10(19)14-8-5-3-4-7(12)9(8)13/h3-6H,1-2H3,(H,14,19). The van der Waals surface area contributed by atoms with Gasteiger partial charge < -0.3 is 5.32 Å². The number of halogens is 2. The quantitative estimate of drug-likeness (QED) is 0.872. The number of tetrazole rings is 1. The average Bonchev–Trinajstić information content (AvgIpc) is 2.80. The number of hydrogen-bond acceptors (Lipinski definition) is 5. The Morgan fingerprint density at radius 3 is 2.85 bits per heavy atom. The van der Waals surface area contributed by atoms with Crippen LogP contribution in [0, 0.1) is 0 Å². The molecule has 0 fully saturated rings. The Morgan fingerprint density at radius 2 is 2.20 bits per heavy atom. The summed E-state index contributed by atoms with van der Waals surface area (Å²) in [6, 6.07) is 5.06. The predicted octanol–water partition coefficient (Wildman–Crippen LogP) is 2.64. The molecule has 1 amide bonds. The van der Waals surface area contributed by atoms with Crippen LogP contribution in [0.1, 0.15) is 6.92 Å². The van der Waals surface area contributed by atoms with Gasteiger partial charge in [-0.05, 0) is 29.5 Å². The van der Waals surface area contributed by atoms with Crippen molar-refractivity contribution in [2.75, 3.05) is 5.32 Å². The Morgan fingerprint density at radius 1 is 1.45 bits per heavy atom. The smallest absolute Gasteiger partial charge is 0.237 e. The second-order valence-electron chi connectivity index (χ2n) is 3.94. The van der Waals surface area contributed by atoms with E-state index in [1.807, 2.05) is 0 Å². The molecule has 1 aromatic heterocycles. The van der Waals surface area contributed by atoms with E-state index < -0.39 is 0 Å². The van der Waals surface area contributed by atoms with Crippen molar-refractivity contribution in [1.82, 2.24) is 20.2 Å². The summed E-state index contributed by atoms with van der Waals surface area (Å²) in [4.78, 5) is 12.1. The van der Waals surface area contributed by atoms with E-state index in [1.54, 1.807) is 32.2 Å². The summed E-state index contributed by atoms with van der Waals surface area (Å²) in [7, 11) is 1.71. The van der Waals surface area contributed by atoms with Crippen LogP contribution in [0.4, 0.5) is 5.69 Å². The van der Waals surface area contributed by atoms with E-state index >= 15 is 0 Å². The Bertz CT molecular complexity index is 633. The van der Waals surface area contributed by atoms with Gasteiger partial charge in [-0.1, -0.05) is 41.0 Å². The third-order valence-electron chi connectivity index (χ3n) is 2.44. The molecule has 0 radical (unpaired) electrons. The minimum absolute atomic E-state index is 0.206. The van der Waals surface area contributed by atoms with Crippen LogP contribution < -0.4 is 5.32 Å². The van der Waals surface area contributed by atoms with Crippen LogP contribution in [-0.2, 0) is 11.8 Å². The van der Waals surface area contributed by atoms with Crippen molar-refractivity contribution in [2.24, 2.45) is 7.05 Å². The number of thioether (sulfide) groups is 1. The zero-order chi connectivity index (χ0) is 14.7. The fraction of sp³-hybridized carbons (Fsp3) is 0.273. The fourth-order valence-corrected chi connectivity index (χ4v) is 2.47. The van der Waals surface area contributed by atoms with Crippen molar-refractivity contribution < 1.29 is 4.79 Å². The van der Waals surface area contributed by atoms with Crippen LogP contribution in [0.15, 0.2) is 23.4 Å². The van der Waals surface area contributed by atoms with Crippen molar-refractivity contribution in [1.29, 1.82) is 0 Å². The molecule has 6 nitrogen and oxygen atoms in total. The lowest BCUT2D eigenvalue weighted by molar-refractivity contribution is -0.115. The molecular weight excluding hydrogens is 321 g/mol. The third-order valence-corrected chi connectivity index (χ3v) is 4.39. The number of aryl methyl sites for hydroxylation is 1. The molecule has 20 heavy (non-hydrogen) atoms. The first-order chi connectivity index (χ1) is 9.49. The molecule has 0 spiro atoms. The maximum atomic E-state index is 12.1. The lowest BCUT2D eigenvalue weighted by Gasteiger charge is -2.12. The average molecular weight is 332 g/mol. The molecule has 0 saturated carbocycles. The van der Waals surface area contributed by atoms with Gasteiger partial charge in [0.1, 0.15) is 0 Å². The monoisotopic (exact) mass is 331 g/mol. The molecule has 106 valence electrons. The number of carbonyl (C=O) groups excluding carboxylic acids is 1. The summed E-state index contributed by atoms with van der Waals surface area (Å²) in [5.74, 6) is -0.206. The van der Waals surface area contributed by atoms with Gasteiger partial charge in [-0.25, -0.2) is 4.68 Å². The zero-order valence-corrected chi connectivity index (χ0v) is 13.0. The van der Waals surface area contributed by atoms with Crippen LogP contribution in [0.3, 0.4) is 0 Å². The molecular formula is C11H11Cl2N5OS. The lowest BCUT2D eigenvalue weighted by atomic mass is 10.3. The SMILES string of the molecule is CC(Sc1nnnn1C)C(=O)Nc1cccc(Cl)c1Cl. The summed E-state index contributed by atoms with van der Waals surface area (Å²) in [5.41, 5.74) is 0.479. The summed E-state index contributed by atoms with van der Waals surface area (Å²) in [6.07, 6.45) is 0. The predicted molar refractivity (Wildman–Crippen MR) is 79.2 cm³/mol. The molecule has 0 aliphatic carbocycles.